The van der Waals surface area contributed by atoms with Crippen molar-refractivity contribution in [3.8, 4) is 0 Å². The zero-order chi connectivity index (χ0) is 13.8. The quantitative estimate of drug-likeness (QED) is 0.842. The van der Waals surface area contributed by atoms with Crippen molar-refractivity contribution >= 4 is 28.8 Å². The molecule has 0 fully saturated rings. The third kappa shape index (κ3) is 4.04. The Balaban J connectivity index is 1.94. The summed E-state index contributed by atoms with van der Waals surface area (Å²) in [6, 6.07) is 9.71. The molecule has 0 bridgehead atoms. The van der Waals surface area contributed by atoms with Gasteiger partial charge in [-0.3, -0.25) is 4.79 Å². The number of hydrogen-bond donors (Lipinski definition) is 0. The lowest BCUT2D eigenvalue weighted by Crippen LogP contribution is -2.27. The second kappa shape index (κ2) is 6.17. The van der Waals surface area contributed by atoms with Gasteiger partial charge in [-0.1, -0.05) is 23.7 Å². The fraction of sp³-hybridized carbons (Fsp3) is 0.214. The molecule has 0 unspecified atom stereocenters. The molecule has 0 aliphatic rings. The highest BCUT2D eigenvalue weighted by Crippen LogP contribution is 2.22. The molecule has 0 saturated carbocycles. The van der Waals surface area contributed by atoms with Crippen LogP contribution in [0, 0.1) is 5.82 Å². The summed E-state index contributed by atoms with van der Waals surface area (Å²) in [6.45, 7) is 0.539. The lowest BCUT2D eigenvalue weighted by Gasteiger charge is -2.16. The number of amides is 1. The van der Waals surface area contributed by atoms with Crippen LogP contribution in [0.2, 0.25) is 4.34 Å². The number of halogens is 2. The minimum atomic E-state index is -0.294. The Labute approximate surface area is 120 Å². The summed E-state index contributed by atoms with van der Waals surface area (Å²) in [5.74, 6) is -0.297. The van der Waals surface area contributed by atoms with Gasteiger partial charge < -0.3 is 4.90 Å². The smallest absolute Gasteiger partial charge is 0.227 e. The third-order valence-corrected chi connectivity index (χ3v) is 3.93. The van der Waals surface area contributed by atoms with Crippen molar-refractivity contribution in [3.63, 3.8) is 0 Å². The number of carbonyl (C=O) groups is 1. The first-order valence-corrected chi connectivity index (χ1v) is 6.96. The minimum Gasteiger partial charge on any atom is -0.340 e. The molecule has 5 heteroatoms. The molecule has 1 aromatic heterocycles. The Morgan fingerprint density at radius 3 is 2.53 bits per heavy atom. The molecule has 100 valence electrons. The van der Waals surface area contributed by atoms with Crippen molar-refractivity contribution in [3.05, 3.63) is 57.0 Å². The van der Waals surface area contributed by atoms with Gasteiger partial charge in [-0.25, -0.2) is 4.39 Å². The predicted molar refractivity (Wildman–Crippen MR) is 75.9 cm³/mol. The van der Waals surface area contributed by atoms with Crippen LogP contribution in [-0.4, -0.2) is 17.9 Å². The van der Waals surface area contributed by atoms with E-state index in [1.54, 1.807) is 24.1 Å². The van der Waals surface area contributed by atoms with Crippen LogP contribution in [0.1, 0.15) is 10.4 Å². The molecule has 1 amide bonds. The average molecular weight is 298 g/mol. The van der Waals surface area contributed by atoms with E-state index >= 15 is 0 Å². The zero-order valence-electron chi connectivity index (χ0n) is 10.4. The minimum absolute atomic E-state index is 0.00358. The fourth-order valence-electron chi connectivity index (χ4n) is 1.67. The summed E-state index contributed by atoms with van der Waals surface area (Å²) in [5.41, 5.74) is 0.808. The number of hydrogen-bond acceptors (Lipinski definition) is 2. The first-order valence-electron chi connectivity index (χ1n) is 5.77. The van der Waals surface area contributed by atoms with Crippen LogP contribution >= 0.6 is 22.9 Å². The van der Waals surface area contributed by atoms with Gasteiger partial charge >= 0.3 is 0 Å². The number of likely N-dealkylation sites (N-methyl/N-ethyl adjacent to an activating group) is 1. The van der Waals surface area contributed by atoms with Crippen LogP contribution in [0.5, 0.6) is 0 Å². The van der Waals surface area contributed by atoms with Gasteiger partial charge in [0.1, 0.15) is 5.82 Å². The molecule has 2 rings (SSSR count). The normalized spacial score (nSPS) is 10.5. The molecule has 0 N–H and O–H groups in total. The Morgan fingerprint density at radius 2 is 1.95 bits per heavy atom. The summed E-state index contributed by atoms with van der Waals surface area (Å²) < 4.78 is 13.5. The molecule has 0 radical (unpaired) electrons. The van der Waals surface area contributed by atoms with Crippen molar-refractivity contribution in [2.75, 3.05) is 7.05 Å². The molecule has 1 heterocycles. The Kier molecular flexibility index (Phi) is 4.56. The number of thiophene rings is 1. The SMILES string of the molecule is CN(Cc1ccc(Cl)s1)C(=O)Cc1ccc(F)cc1. The lowest BCUT2D eigenvalue weighted by atomic mass is 10.1. The maximum atomic E-state index is 12.8. The van der Waals surface area contributed by atoms with Crippen LogP contribution in [0.15, 0.2) is 36.4 Å². The zero-order valence-corrected chi connectivity index (χ0v) is 12.0. The number of carbonyl (C=O) groups excluding carboxylic acids is 1. The van der Waals surface area contributed by atoms with Gasteiger partial charge in [0.05, 0.1) is 17.3 Å². The monoisotopic (exact) mass is 297 g/mol. The summed E-state index contributed by atoms with van der Waals surface area (Å²) >= 11 is 7.31. The van der Waals surface area contributed by atoms with Crippen molar-refractivity contribution in [1.82, 2.24) is 4.90 Å². The fourth-order valence-corrected chi connectivity index (χ4v) is 2.81. The molecule has 2 nitrogen and oxygen atoms in total. The van der Waals surface area contributed by atoms with Crippen molar-refractivity contribution in [2.24, 2.45) is 0 Å². The van der Waals surface area contributed by atoms with Gasteiger partial charge in [0.2, 0.25) is 5.91 Å². The van der Waals surface area contributed by atoms with Crippen LogP contribution < -0.4 is 0 Å². The maximum Gasteiger partial charge on any atom is 0.227 e. The number of rotatable bonds is 4. The Morgan fingerprint density at radius 1 is 1.26 bits per heavy atom. The van der Waals surface area contributed by atoms with Crippen molar-refractivity contribution in [2.45, 2.75) is 13.0 Å². The largest absolute Gasteiger partial charge is 0.340 e. The summed E-state index contributed by atoms with van der Waals surface area (Å²) in [4.78, 5) is 14.7. The predicted octanol–water partition coefficient (Wildman–Crippen LogP) is 3.74. The highest BCUT2D eigenvalue weighted by atomic mass is 35.5. The molecule has 0 atom stereocenters. The van der Waals surface area contributed by atoms with Gasteiger partial charge in [0.25, 0.3) is 0 Å². The van der Waals surface area contributed by atoms with Crippen molar-refractivity contribution < 1.29 is 9.18 Å². The van der Waals surface area contributed by atoms with Crippen LogP contribution in [0.3, 0.4) is 0 Å². The summed E-state index contributed by atoms with van der Waals surface area (Å²) in [5, 5.41) is 0. The molecule has 0 saturated heterocycles. The van der Waals surface area contributed by atoms with E-state index < -0.39 is 0 Å². The highest BCUT2D eigenvalue weighted by Gasteiger charge is 2.11. The standard InChI is InChI=1S/C14H13ClFNOS/c1-17(9-12-6-7-13(15)19-12)14(18)8-10-2-4-11(16)5-3-10/h2-7H,8-9H2,1H3. The third-order valence-electron chi connectivity index (χ3n) is 2.72. The Hall–Kier alpha value is -1.39. The first-order chi connectivity index (χ1) is 9.04. The Bertz CT molecular complexity index is 567. The van der Waals surface area contributed by atoms with Gasteiger partial charge in [-0.2, -0.15) is 0 Å². The summed E-state index contributed by atoms with van der Waals surface area (Å²) in [6.07, 6.45) is 0.274. The molecule has 0 spiro atoms. The molecular weight excluding hydrogens is 285 g/mol. The van der Waals surface area contributed by atoms with E-state index in [9.17, 15) is 9.18 Å². The summed E-state index contributed by atoms with van der Waals surface area (Å²) in [7, 11) is 1.75. The van der Waals surface area contributed by atoms with Crippen LogP contribution in [-0.2, 0) is 17.8 Å². The van der Waals surface area contributed by atoms with E-state index in [1.165, 1.54) is 23.5 Å². The van der Waals surface area contributed by atoms with Gasteiger partial charge in [0.15, 0.2) is 0 Å². The van der Waals surface area contributed by atoms with Crippen molar-refractivity contribution in [1.29, 1.82) is 0 Å². The van der Waals surface area contributed by atoms with Crippen LogP contribution in [0.4, 0.5) is 4.39 Å². The van der Waals surface area contributed by atoms with E-state index in [4.69, 9.17) is 11.6 Å². The molecule has 1 aromatic carbocycles. The van der Waals surface area contributed by atoms with Gasteiger partial charge in [0, 0.05) is 11.9 Å². The van der Waals surface area contributed by atoms with Crippen LogP contribution in [0.25, 0.3) is 0 Å². The number of benzene rings is 1. The first kappa shape index (κ1) is 14.0. The van der Waals surface area contributed by atoms with E-state index in [-0.39, 0.29) is 18.1 Å². The van der Waals surface area contributed by atoms with Gasteiger partial charge in [-0.15, -0.1) is 11.3 Å². The molecule has 0 aliphatic carbocycles. The molecular formula is C14H13ClFNOS. The molecule has 19 heavy (non-hydrogen) atoms. The topological polar surface area (TPSA) is 20.3 Å². The second-order valence-corrected chi connectivity index (χ2v) is 6.06. The number of nitrogens with zero attached hydrogens (tertiary/aromatic N) is 1. The molecule has 0 aliphatic heterocycles. The van der Waals surface area contributed by atoms with Gasteiger partial charge in [-0.05, 0) is 29.8 Å². The average Bonchev–Trinajstić information content (AvgIpc) is 2.77. The van der Waals surface area contributed by atoms with E-state index in [0.29, 0.717) is 6.54 Å². The molecule has 2 aromatic rings. The lowest BCUT2D eigenvalue weighted by molar-refractivity contribution is -0.129. The highest BCUT2D eigenvalue weighted by molar-refractivity contribution is 7.16. The van der Waals surface area contributed by atoms with E-state index in [0.717, 1.165) is 14.8 Å². The van der Waals surface area contributed by atoms with E-state index in [1.807, 2.05) is 12.1 Å². The maximum absolute atomic E-state index is 12.8. The van der Waals surface area contributed by atoms with E-state index in [2.05, 4.69) is 0 Å². The second-order valence-electron chi connectivity index (χ2n) is 4.26.